The van der Waals surface area contributed by atoms with Crippen molar-refractivity contribution in [2.45, 2.75) is 27.1 Å². The predicted octanol–water partition coefficient (Wildman–Crippen LogP) is 6.90. The molecular weight excluding hydrogens is 424 g/mol. The van der Waals surface area contributed by atoms with Crippen molar-refractivity contribution in [2.24, 2.45) is 0 Å². The zero-order valence-corrected chi connectivity index (χ0v) is 19.4. The molecule has 0 aromatic heterocycles. The van der Waals surface area contributed by atoms with E-state index in [0.717, 1.165) is 43.8 Å². The van der Waals surface area contributed by atoms with E-state index in [9.17, 15) is 9.59 Å². The van der Waals surface area contributed by atoms with Gasteiger partial charge in [0.05, 0.1) is 0 Å². The van der Waals surface area contributed by atoms with E-state index in [1.165, 1.54) is 0 Å². The van der Waals surface area contributed by atoms with Crippen LogP contribution < -0.4 is 0 Å². The van der Waals surface area contributed by atoms with Gasteiger partial charge in [0.15, 0.2) is 0 Å². The summed E-state index contributed by atoms with van der Waals surface area (Å²) in [6.45, 7) is 10.8. The lowest BCUT2D eigenvalue weighted by Crippen LogP contribution is -2.08. The summed E-state index contributed by atoms with van der Waals surface area (Å²) in [6.07, 6.45) is 0. The maximum atomic E-state index is 12.2. The Hall–Kier alpha value is -4.18. The standard InChI is InChI=1S/C30H26O4/c1-19(2)29(31)33-17-23-15-13-21-9-5-7-11-25(21)27(23)28-24(18-34-30(32)20(3)4)16-14-22-10-6-8-12-26(22)28/h5-16H,1,3,17-18H2,2,4H3. The minimum atomic E-state index is -0.437. The van der Waals surface area contributed by atoms with Crippen LogP contribution in [0.15, 0.2) is 97.1 Å². The number of ether oxygens (including phenoxy) is 2. The van der Waals surface area contributed by atoms with Gasteiger partial charge in [0.25, 0.3) is 0 Å². The van der Waals surface area contributed by atoms with Crippen LogP contribution in [0.1, 0.15) is 25.0 Å². The summed E-state index contributed by atoms with van der Waals surface area (Å²) in [6, 6.07) is 24.2. The van der Waals surface area contributed by atoms with E-state index in [-0.39, 0.29) is 13.2 Å². The molecule has 0 unspecified atom stereocenters. The summed E-state index contributed by atoms with van der Waals surface area (Å²) >= 11 is 0. The Balaban J connectivity index is 1.96. The first-order valence-electron chi connectivity index (χ1n) is 11.0. The van der Waals surface area contributed by atoms with Crippen LogP contribution >= 0.6 is 0 Å². The molecule has 0 bridgehead atoms. The Labute approximate surface area is 199 Å². The van der Waals surface area contributed by atoms with E-state index in [2.05, 4.69) is 37.4 Å². The highest BCUT2D eigenvalue weighted by Gasteiger charge is 2.19. The molecular formula is C30H26O4. The van der Waals surface area contributed by atoms with Crippen molar-refractivity contribution < 1.29 is 19.1 Å². The fraction of sp³-hybridized carbons (Fsp3) is 0.133. The molecule has 34 heavy (non-hydrogen) atoms. The third-order valence-electron chi connectivity index (χ3n) is 5.70. The molecule has 0 aliphatic heterocycles. The topological polar surface area (TPSA) is 52.6 Å². The largest absolute Gasteiger partial charge is 0.457 e. The second-order valence-corrected chi connectivity index (χ2v) is 8.35. The van der Waals surface area contributed by atoms with E-state index in [4.69, 9.17) is 9.47 Å². The number of hydrogen-bond acceptors (Lipinski definition) is 4. The van der Waals surface area contributed by atoms with Crippen molar-refractivity contribution in [3.05, 3.63) is 108 Å². The molecule has 0 N–H and O–H groups in total. The maximum absolute atomic E-state index is 12.2. The Morgan fingerprint density at radius 3 is 1.38 bits per heavy atom. The van der Waals surface area contributed by atoms with Crippen molar-refractivity contribution in [3.8, 4) is 11.1 Å². The zero-order valence-electron chi connectivity index (χ0n) is 19.4. The zero-order chi connectivity index (χ0) is 24.2. The first-order chi connectivity index (χ1) is 16.4. The Morgan fingerprint density at radius 2 is 1.00 bits per heavy atom. The normalized spacial score (nSPS) is 10.8. The predicted molar refractivity (Wildman–Crippen MR) is 136 cm³/mol. The van der Waals surface area contributed by atoms with Crippen molar-refractivity contribution >= 4 is 33.5 Å². The molecule has 4 aromatic carbocycles. The monoisotopic (exact) mass is 450 g/mol. The van der Waals surface area contributed by atoms with Gasteiger partial charge in [0, 0.05) is 11.1 Å². The fourth-order valence-electron chi connectivity index (χ4n) is 4.00. The third-order valence-corrected chi connectivity index (χ3v) is 5.70. The minimum absolute atomic E-state index is 0.0973. The van der Waals surface area contributed by atoms with E-state index < -0.39 is 11.9 Å². The number of carbonyl (C=O) groups is 2. The van der Waals surface area contributed by atoms with Crippen LogP contribution in [0.4, 0.5) is 0 Å². The summed E-state index contributed by atoms with van der Waals surface area (Å²) in [5, 5.41) is 4.17. The number of hydrogen-bond donors (Lipinski definition) is 0. The molecule has 0 amide bonds. The van der Waals surface area contributed by atoms with Gasteiger partial charge in [-0.2, -0.15) is 0 Å². The van der Waals surface area contributed by atoms with Crippen LogP contribution in [0.2, 0.25) is 0 Å². The average molecular weight is 451 g/mol. The summed E-state index contributed by atoms with van der Waals surface area (Å²) in [4.78, 5) is 24.3. The van der Waals surface area contributed by atoms with Crippen LogP contribution in [0, 0.1) is 0 Å². The number of esters is 2. The molecule has 0 radical (unpaired) electrons. The maximum Gasteiger partial charge on any atom is 0.333 e. The van der Waals surface area contributed by atoms with E-state index in [1.807, 2.05) is 48.5 Å². The van der Waals surface area contributed by atoms with Crippen molar-refractivity contribution in [3.63, 3.8) is 0 Å². The molecule has 4 nitrogen and oxygen atoms in total. The molecule has 4 heteroatoms. The molecule has 0 fully saturated rings. The van der Waals surface area contributed by atoms with Gasteiger partial charge in [-0.1, -0.05) is 86.0 Å². The number of fused-ring (bicyclic) bond motifs is 2. The lowest BCUT2D eigenvalue weighted by molar-refractivity contribution is -0.141. The highest BCUT2D eigenvalue weighted by Crippen LogP contribution is 2.39. The molecule has 0 spiro atoms. The summed E-state index contributed by atoms with van der Waals surface area (Å²) in [7, 11) is 0. The van der Waals surface area contributed by atoms with Crippen LogP contribution in [0.3, 0.4) is 0 Å². The minimum Gasteiger partial charge on any atom is -0.457 e. The van der Waals surface area contributed by atoms with Gasteiger partial charge in [-0.3, -0.25) is 0 Å². The summed E-state index contributed by atoms with van der Waals surface area (Å²) in [5.41, 5.74) is 4.31. The average Bonchev–Trinajstić information content (AvgIpc) is 2.85. The van der Waals surface area contributed by atoms with Gasteiger partial charge in [-0.15, -0.1) is 0 Å². The highest BCUT2D eigenvalue weighted by molar-refractivity contribution is 6.08. The smallest absolute Gasteiger partial charge is 0.333 e. The Kier molecular flexibility index (Phi) is 6.60. The van der Waals surface area contributed by atoms with Gasteiger partial charge in [0.2, 0.25) is 0 Å². The van der Waals surface area contributed by atoms with Gasteiger partial charge in [-0.25, -0.2) is 9.59 Å². The molecule has 0 aliphatic rings. The van der Waals surface area contributed by atoms with Gasteiger partial charge in [-0.05, 0) is 57.6 Å². The quantitative estimate of drug-likeness (QED) is 0.227. The second-order valence-electron chi connectivity index (χ2n) is 8.35. The summed E-state index contributed by atoms with van der Waals surface area (Å²) in [5.74, 6) is -0.875. The van der Waals surface area contributed by atoms with Crippen LogP contribution in [0.5, 0.6) is 0 Å². The molecule has 0 saturated heterocycles. The Morgan fingerprint density at radius 1 is 0.618 bits per heavy atom. The van der Waals surface area contributed by atoms with Crippen molar-refractivity contribution in [1.29, 1.82) is 0 Å². The third kappa shape index (κ3) is 4.62. The molecule has 4 rings (SSSR count). The molecule has 0 heterocycles. The molecule has 0 saturated carbocycles. The number of carbonyl (C=O) groups excluding carboxylic acids is 2. The lowest BCUT2D eigenvalue weighted by Gasteiger charge is -2.19. The van der Waals surface area contributed by atoms with Crippen molar-refractivity contribution in [1.82, 2.24) is 0 Å². The van der Waals surface area contributed by atoms with Crippen LogP contribution in [-0.2, 0) is 32.3 Å². The number of benzene rings is 4. The van der Waals surface area contributed by atoms with Gasteiger partial charge in [0.1, 0.15) is 13.2 Å². The van der Waals surface area contributed by atoms with Crippen LogP contribution in [-0.4, -0.2) is 11.9 Å². The van der Waals surface area contributed by atoms with E-state index in [0.29, 0.717) is 11.1 Å². The van der Waals surface area contributed by atoms with E-state index >= 15 is 0 Å². The molecule has 0 atom stereocenters. The summed E-state index contributed by atoms with van der Waals surface area (Å²) < 4.78 is 11.1. The van der Waals surface area contributed by atoms with Crippen molar-refractivity contribution in [2.75, 3.05) is 0 Å². The highest BCUT2D eigenvalue weighted by atomic mass is 16.5. The lowest BCUT2D eigenvalue weighted by atomic mass is 9.87. The van der Waals surface area contributed by atoms with Gasteiger partial charge < -0.3 is 9.47 Å². The Bertz CT molecular complexity index is 1330. The molecule has 0 aliphatic carbocycles. The molecule has 170 valence electrons. The second kappa shape index (κ2) is 9.75. The number of rotatable bonds is 7. The first-order valence-corrected chi connectivity index (χ1v) is 11.0. The van der Waals surface area contributed by atoms with Gasteiger partial charge >= 0.3 is 11.9 Å². The van der Waals surface area contributed by atoms with Crippen LogP contribution in [0.25, 0.3) is 32.7 Å². The first kappa shape index (κ1) is 23.0. The molecule has 4 aromatic rings. The van der Waals surface area contributed by atoms with E-state index in [1.54, 1.807) is 13.8 Å². The SMILES string of the molecule is C=C(C)C(=O)OCc1ccc2ccccc2c1-c1c(COC(=O)C(=C)C)ccc2ccccc12. The fourth-order valence-corrected chi connectivity index (χ4v) is 4.00.